The average Bonchev–Trinajstić information content (AvgIpc) is 2.42. The number of ether oxygens (including phenoxy) is 1. The van der Waals surface area contributed by atoms with E-state index < -0.39 is 46.9 Å². The minimum atomic E-state index is -4.79. The van der Waals surface area contributed by atoms with Crippen LogP contribution in [0.15, 0.2) is 17.8 Å². The highest BCUT2D eigenvalue weighted by Crippen LogP contribution is 2.33. The van der Waals surface area contributed by atoms with E-state index in [1.54, 1.807) is 0 Å². The number of aliphatic hydroxyl groups is 4. The first kappa shape index (κ1) is 19.3. The Kier molecular flexibility index (Phi) is 7.21. The van der Waals surface area contributed by atoms with Crippen LogP contribution >= 0.6 is 11.8 Å². The molecule has 1 rings (SSSR count). The molecule has 128 valence electrons. The summed E-state index contributed by atoms with van der Waals surface area (Å²) in [6.45, 7) is 2.86. The summed E-state index contributed by atoms with van der Waals surface area (Å²) in [7, 11) is -4.79. The number of thioether (sulfide) groups is 1. The highest BCUT2D eigenvalue weighted by atomic mass is 32.3. The molecule has 0 radical (unpaired) electrons. The summed E-state index contributed by atoms with van der Waals surface area (Å²) < 4.78 is 38.4. The molecule has 1 saturated heterocycles. The smallest absolute Gasteiger partial charge is 0.396 e. The fraction of sp³-hybridized carbons (Fsp3) is 0.700. The van der Waals surface area contributed by atoms with Crippen LogP contribution in [0.2, 0.25) is 0 Å². The predicted octanol–water partition coefficient (Wildman–Crippen LogP) is -1.57. The van der Waals surface area contributed by atoms with Gasteiger partial charge in [0.25, 0.3) is 0 Å². The van der Waals surface area contributed by atoms with Gasteiger partial charge < -0.3 is 25.2 Å². The van der Waals surface area contributed by atoms with Crippen molar-refractivity contribution in [2.45, 2.75) is 30.4 Å². The van der Waals surface area contributed by atoms with E-state index in [1.807, 2.05) is 0 Å². The van der Waals surface area contributed by atoms with Crippen LogP contribution in [0.3, 0.4) is 0 Å². The average molecular weight is 359 g/mol. The Morgan fingerprint density at radius 2 is 2.00 bits per heavy atom. The highest BCUT2D eigenvalue weighted by Gasteiger charge is 2.44. The predicted molar refractivity (Wildman–Crippen MR) is 75.9 cm³/mol. The van der Waals surface area contributed by atoms with Crippen LogP contribution in [0.1, 0.15) is 6.42 Å². The van der Waals surface area contributed by atoms with Gasteiger partial charge in [-0.25, -0.2) is 4.28 Å². The molecule has 0 aromatic rings. The first-order valence-electron chi connectivity index (χ1n) is 6.00. The Labute approximate surface area is 131 Å². The number of hydrogen-bond donors (Lipinski definition) is 5. The van der Waals surface area contributed by atoms with Gasteiger partial charge in [-0.1, -0.05) is 23.0 Å². The molecule has 0 aromatic carbocycles. The minimum Gasteiger partial charge on any atom is -0.396 e. The van der Waals surface area contributed by atoms with Gasteiger partial charge in [-0.3, -0.25) is 4.55 Å². The third-order valence-electron chi connectivity index (χ3n) is 2.72. The second-order valence-electron chi connectivity index (χ2n) is 4.32. The second kappa shape index (κ2) is 8.21. The molecule has 10 nitrogen and oxygen atoms in total. The summed E-state index contributed by atoms with van der Waals surface area (Å²) in [5.41, 5.74) is -1.04. The molecule has 1 heterocycles. The summed E-state index contributed by atoms with van der Waals surface area (Å²) in [6.07, 6.45) is -3.35. The molecule has 12 heteroatoms. The molecule has 1 aliphatic rings. The standard InChI is InChI=1S/C10H17NO9S2/c1-2-3-6(11-20-22(16,17)18)21-10-5(4-12)7(13)8(14)9(15)19-10/h2,5,7-10,12-15H,1,3-4H2,(H,16,17,18). The lowest BCUT2D eigenvalue weighted by Crippen LogP contribution is -2.54. The highest BCUT2D eigenvalue weighted by molar-refractivity contribution is 8.14. The maximum absolute atomic E-state index is 10.5. The molecule has 5 atom stereocenters. The van der Waals surface area contributed by atoms with E-state index in [4.69, 9.17) is 9.29 Å². The molecular formula is C10H17NO9S2. The van der Waals surface area contributed by atoms with Crippen molar-refractivity contribution in [1.82, 2.24) is 0 Å². The summed E-state index contributed by atoms with van der Waals surface area (Å²) in [4.78, 5) is 0. The van der Waals surface area contributed by atoms with Crippen molar-refractivity contribution in [2.75, 3.05) is 6.61 Å². The van der Waals surface area contributed by atoms with E-state index in [-0.39, 0.29) is 11.5 Å². The van der Waals surface area contributed by atoms with Crippen molar-refractivity contribution in [1.29, 1.82) is 0 Å². The zero-order chi connectivity index (χ0) is 16.9. The number of allylic oxidation sites excluding steroid dienone is 1. The molecule has 0 spiro atoms. The lowest BCUT2D eigenvalue weighted by atomic mass is 9.96. The third kappa shape index (κ3) is 5.48. The Morgan fingerprint density at radius 3 is 2.50 bits per heavy atom. The maximum Gasteiger partial charge on any atom is 0.466 e. The monoisotopic (exact) mass is 359 g/mol. The van der Waals surface area contributed by atoms with Gasteiger partial charge in [0, 0.05) is 12.3 Å². The van der Waals surface area contributed by atoms with E-state index >= 15 is 0 Å². The normalized spacial score (nSPS) is 33.5. The maximum atomic E-state index is 10.5. The summed E-state index contributed by atoms with van der Waals surface area (Å²) >= 11 is 0.738. The van der Waals surface area contributed by atoms with E-state index in [9.17, 15) is 28.8 Å². The number of oxime groups is 1. The Morgan fingerprint density at radius 1 is 1.36 bits per heavy atom. The molecule has 0 aromatic heterocycles. The molecule has 22 heavy (non-hydrogen) atoms. The molecule has 0 aliphatic carbocycles. The zero-order valence-electron chi connectivity index (χ0n) is 11.2. The molecule has 1 aliphatic heterocycles. The van der Waals surface area contributed by atoms with Gasteiger partial charge in [0.15, 0.2) is 6.29 Å². The molecule has 1 fully saturated rings. The Bertz CT molecular complexity index is 509. The van der Waals surface area contributed by atoms with Gasteiger partial charge in [0.1, 0.15) is 16.6 Å². The van der Waals surface area contributed by atoms with Crippen molar-refractivity contribution >= 4 is 27.2 Å². The number of hydrogen-bond acceptors (Lipinski definition) is 10. The van der Waals surface area contributed by atoms with E-state index in [0.717, 1.165) is 11.8 Å². The van der Waals surface area contributed by atoms with Crippen LogP contribution in [-0.4, -0.2) is 69.0 Å². The fourth-order valence-electron chi connectivity index (χ4n) is 1.66. The van der Waals surface area contributed by atoms with Crippen molar-refractivity contribution in [3.05, 3.63) is 12.7 Å². The van der Waals surface area contributed by atoms with E-state index in [1.165, 1.54) is 6.08 Å². The minimum absolute atomic E-state index is 0.00753. The van der Waals surface area contributed by atoms with Gasteiger partial charge >= 0.3 is 10.4 Å². The molecule has 0 amide bonds. The number of aliphatic hydroxyl groups excluding tert-OH is 4. The van der Waals surface area contributed by atoms with Gasteiger partial charge in [-0.05, 0) is 0 Å². The van der Waals surface area contributed by atoms with Crippen LogP contribution < -0.4 is 0 Å². The second-order valence-corrected chi connectivity index (χ2v) is 6.50. The molecule has 0 saturated carbocycles. The Hall–Kier alpha value is -0.730. The zero-order valence-corrected chi connectivity index (χ0v) is 12.9. The number of nitrogens with zero attached hydrogens (tertiary/aromatic N) is 1. The van der Waals surface area contributed by atoms with E-state index in [0.29, 0.717) is 0 Å². The van der Waals surface area contributed by atoms with Gasteiger partial charge in [0.05, 0.1) is 12.7 Å². The first-order chi connectivity index (χ1) is 10.2. The quantitative estimate of drug-likeness (QED) is 0.123. The fourth-order valence-corrected chi connectivity index (χ4v) is 3.05. The van der Waals surface area contributed by atoms with Crippen LogP contribution in [-0.2, 0) is 19.4 Å². The third-order valence-corrected chi connectivity index (χ3v) is 4.19. The Balaban J connectivity index is 2.88. The summed E-state index contributed by atoms with van der Waals surface area (Å²) in [6, 6.07) is 0. The van der Waals surface area contributed by atoms with Gasteiger partial charge in [-0.15, -0.1) is 6.58 Å². The van der Waals surface area contributed by atoms with Crippen LogP contribution in [0, 0.1) is 5.92 Å². The number of rotatable bonds is 6. The molecule has 0 bridgehead atoms. The van der Waals surface area contributed by atoms with Crippen LogP contribution in [0.25, 0.3) is 0 Å². The van der Waals surface area contributed by atoms with Gasteiger partial charge in [-0.2, -0.15) is 8.42 Å². The lowest BCUT2D eigenvalue weighted by Gasteiger charge is -2.39. The SMILES string of the molecule is C=CCC(=NOS(=O)(=O)O)SC1OC(O)C(O)C(O)C1CO. The van der Waals surface area contributed by atoms with Gasteiger partial charge in [0.2, 0.25) is 0 Å². The molecular weight excluding hydrogens is 342 g/mol. The van der Waals surface area contributed by atoms with Crippen molar-refractivity contribution < 1.29 is 42.4 Å². The summed E-state index contributed by atoms with van der Waals surface area (Å²) in [5.74, 6) is -0.968. The van der Waals surface area contributed by atoms with Crippen molar-refractivity contribution in [2.24, 2.45) is 11.1 Å². The van der Waals surface area contributed by atoms with Crippen LogP contribution in [0.4, 0.5) is 0 Å². The lowest BCUT2D eigenvalue weighted by molar-refractivity contribution is -0.252. The van der Waals surface area contributed by atoms with Crippen molar-refractivity contribution in [3.8, 4) is 0 Å². The molecule has 5 N–H and O–H groups in total. The molecule has 5 unspecified atom stereocenters. The largest absolute Gasteiger partial charge is 0.466 e. The van der Waals surface area contributed by atoms with E-state index in [2.05, 4.69) is 16.0 Å². The first-order valence-corrected chi connectivity index (χ1v) is 8.25. The van der Waals surface area contributed by atoms with Crippen molar-refractivity contribution in [3.63, 3.8) is 0 Å². The summed E-state index contributed by atoms with van der Waals surface area (Å²) in [5, 5.41) is 41.2. The van der Waals surface area contributed by atoms with Crippen LogP contribution in [0.5, 0.6) is 0 Å². The topological polar surface area (TPSA) is 166 Å².